The molecule has 3 rings (SSSR count). The zero-order valence-corrected chi connectivity index (χ0v) is 16.9. The minimum absolute atomic E-state index is 0.312. The number of hydrogen-bond donors (Lipinski definition) is 0. The second-order valence-corrected chi connectivity index (χ2v) is 9.08. The predicted molar refractivity (Wildman–Crippen MR) is 104 cm³/mol. The second kappa shape index (κ2) is 7.40. The van der Waals surface area contributed by atoms with Crippen LogP contribution in [-0.4, -0.2) is 42.6 Å². The summed E-state index contributed by atoms with van der Waals surface area (Å²) < 4.78 is 29.0. The number of aromatic nitrogens is 2. The van der Waals surface area contributed by atoms with Crippen molar-refractivity contribution in [3.05, 3.63) is 41.2 Å². The van der Waals surface area contributed by atoms with Crippen LogP contribution in [0, 0.1) is 13.8 Å². The largest absolute Gasteiger partial charge is 0.372 e. The van der Waals surface area contributed by atoms with Crippen molar-refractivity contribution in [3.63, 3.8) is 0 Å². The molecule has 0 amide bonds. The minimum atomic E-state index is -3.57. The van der Waals surface area contributed by atoms with Gasteiger partial charge in [-0.15, -0.1) is 0 Å². The molecule has 1 aliphatic heterocycles. The Bertz CT molecular complexity index is 866. The Labute approximate surface area is 156 Å². The molecule has 1 saturated heterocycles. The molecule has 26 heavy (non-hydrogen) atoms. The van der Waals surface area contributed by atoms with Crippen LogP contribution in [0.1, 0.15) is 36.2 Å². The van der Waals surface area contributed by atoms with Crippen molar-refractivity contribution in [2.24, 2.45) is 7.05 Å². The Morgan fingerprint density at radius 3 is 2.23 bits per heavy atom. The fraction of sp³-hybridized carbons (Fsp3) is 0.526. The summed E-state index contributed by atoms with van der Waals surface area (Å²) >= 11 is 0. The lowest BCUT2D eigenvalue weighted by Crippen LogP contribution is -2.29. The van der Waals surface area contributed by atoms with Gasteiger partial charge in [-0.1, -0.05) is 12.1 Å². The molecule has 0 radical (unpaired) electrons. The number of hydrogen-bond acceptors (Lipinski definition) is 4. The lowest BCUT2D eigenvalue weighted by molar-refractivity contribution is 0.465. The summed E-state index contributed by atoms with van der Waals surface area (Å²) in [6.07, 6.45) is 3.80. The molecule has 2 aromatic rings. The van der Waals surface area contributed by atoms with Crippen LogP contribution in [-0.2, 0) is 23.6 Å². The fourth-order valence-electron chi connectivity index (χ4n) is 3.59. The van der Waals surface area contributed by atoms with E-state index in [1.54, 1.807) is 32.6 Å². The first-order valence-corrected chi connectivity index (χ1v) is 10.5. The predicted octanol–water partition coefficient (Wildman–Crippen LogP) is 2.85. The van der Waals surface area contributed by atoms with Crippen molar-refractivity contribution in [1.82, 2.24) is 14.1 Å². The monoisotopic (exact) mass is 376 g/mol. The van der Waals surface area contributed by atoms with Gasteiger partial charge in [-0.3, -0.25) is 4.68 Å². The van der Waals surface area contributed by atoms with Gasteiger partial charge < -0.3 is 4.90 Å². The third-order valence-corrected chi connectivity index (χ3v) is 7.23. The second-order valence-electron chi connectivity index (χ2n) is 7.10. The van der Waals surface area contributed by atoms with Gasteiger partial charge in [0.2, 0.25) is 10.0 Å². The van der Waals surface area contributed by atoms with Crippen molar-refractivity contribution in [2.45, 2.75) is 44.6 Å². The van der Waals surface area contributed by atoms with E-state index in [1.165, 1.54) is 29.3 Å². The number of piperidine rings is 1. The molecule has 6 nitrogen and oxygen atoms in total. The maximum atomic E-state index is 13.0. The van der Waals surface area contributed by atoms with Crippen molar-refractivity contribution in [1.29, 1.82) is 0 Å². The van der Waals surface area contributed by atoms with Crippen LogP contribution in [0.5, 0.6) is 0 Å². The normalized spacial score (nSPS) is 15.7. The van der Waals surface area contributed by atoms with Gasteiger partial charge in [-0.2, -0.15) is 9.40 Å². The van der Waals surface area contributed by atoms with Crippen LogP contribution in [0.4, 0.5) is 5.69 Å². The summed E-state index contributed by atoms with van der Waals surface area (Å²) in [4.78, 5) is 2.71. The molecule has 0 aliphatic carbocycles. The van der Waals surface area contributed by atoms with E-state index in [0.717, 1.165) is 18.7 Å². The Morgan fingerprint density at radius 2 is 1.69 bits per heavy atom. The third kappa shape index (κ3) is 3.64. The molecule has 0 saturated carbocycles. The highest BCUT2D eigenvalue weighted by molar-refractivity contribution is 7.89. The van der Waals surface area contributed by atoms with E-state index < -0.39 is 10.0 Å². The molecule has 1 aromatic carbocycles. The third-order valence-electron chi connectivity index (χ3n) is 5.17. The summed E-state index contributed by atoms with van der Waals surface area (Å²) in [7, 11) is -0.179. The highest BCUT2D eigenvalue weighted by Gasteiger charge is 2.28. The molecule has 1 aliphatic rings. The number of aryl methyl sites for hydroxylation is 2. The Morgan fingerprint density at radius 1 is 1.08 bits per heavy atom. The van der Waals surface area contributed by atoms with E-state index in [4.69, 9.17) is 0 Å². The quantitative estimate of drug-likeness (QED) is 0.805. The summed E-state index contributed by atoms with van der Waals surface area (Å²) in [6.45, 7) is 6.08. The van der Waals surface area contributed by atoms with E-state index in [9.17, 15) is 8.42 Å². The molecule has 7 heteroatoms. The topological polar surface area (TPSA) is 58.4 Å². The van der Waals surface area contributed by atoms with Gasteiger partial charge in [-0.25, -0.2) is 8.42 Å². The average molecular weight is 377 g/mol. The number of nitrogens with zero attached hydrogens (tertiary/aromatic N) is 4. The minimum Gasteiger partial charge on any atom is -0.372 e. The van der Waals surface area contributed by atoms with Crippen LogP contribution in [0.3, 0.4) is 0 Å². The van der Waals surface area contributed by atoms with Crippen molar-refractivity contribution in [2.75, 3.05) is 25.0 Å². The van der Waals surface area contributed by atoms with Gasteiger partial charge >= 0.3 is 0 Å². The molecule has 0 spiro atoms. The lowest BCUT2D eigenvalue weighted by atomic mass is 10.1. The van der Waals surface area contributed by atoms with E-state index in [0.29, 0.717) is 22.8 Å². The maximum Gasteiger partial charge on any atom is 0.246 e. The number of anilines is 1. The first kappa shape index (κ1) is 18.9. The SMILES string of the molecule is Cc1nn(C)c(C)c1S(=O)(=O)N(C)Cc1ccc(N2CCCCC2)cc1. The standard InChI is InChI=1S/C19H28N4O2S/c1-15-19(16(2)22(4)20-15)26(24,25)21(3)14-17-8-10-18(11-9-17)23-12-6-5-7-13-23/h8-11H,5-7,12-14H2,1-4H3. The van der Waals surface area contributed by atoms with Crippen molar-refractivity contribution < 1.29 is 8.42 Å². The van der Waals surface area contributed by atoms with Gasteiger partial charge in [-0.05, 0) is 50.8 Å². The average Bonchev–Trinajstić information content (AvgIpc) is 2.89. The molecular formula is C19H28N4O2S. The summed E-state index contributed by atoms with van der Waals surface area (Å²) in [5.74, 6) is 0. The first-order chi connectivity index (χ1) is 12.3. The van der Waals surface area contributed by atoms with Gasteiger partial charge in [0.15, 0.2) is 0 Å². The molecule has 2 heterocycles. The van der Waals surface area contributed by atoms with E-state index >= 15 is 0 Å². The number of rotatable bonds is 5. The highest BCUT2D eigenvalue weighted by Crippen LogP contribution is 2.25. The van der Waals surface area contributed by atoms with Gasteiger partial charge in [0, 0.05) is 39.4 Å². The van der Waals surface area contributed by atoms with Crippen LogP contribution in [0.2, 0.25) is 0 Å². The summed E-state index contributed by atoms with van der Waals surface area (Å²) in [5, 5.41) is 4.23. The van der Waals surface area contributed by atoms with E-state index in [2.05, 4.69) is 22.1 Å². The Hall–Kier alpha value is -1.86. The molecule has 0 atom stereocenters. The number of sulfonamides is 1. The molecule has 0 unspecified atom stereocenters. The molecule has 1 aromatic heterocycles. The molecule has 142 valence electrons. The summed E-state index contributed by atoms with van der Waals surface area (Å²) in [6, 6.07) is 8.25. The van der Waals surface area contributed by atoms with Crippen molar-refractivity contribution in [3.8, 4) is 0 Å². The molecule has 0 bridgehead atoms. The first-order valence-electron chi connectivity index (χ1n) is 9.11. The fourth-order valence-corrected chi connectivity index (χ4v) is 5.14. The van der Waals surface area contributed by atoms with Crippen LogP contribution in [0.25, 0.3) is 0 Å². The van der Waals surface area contributed by atoms with E-state index in [-0.39, 0.29) is 0 Å². The molecule has 0 N–H and O–H groups in total. The van der Waals surface area contributed by atoms with Crippen LogP contribution in [0.15, 0.2) is 29.2 Å². The summed E-state index contributed by atoms with van der Waals surface area (Å²) in [5.41, 5.74) is 3.40. The lowest BCUT2D eigenvalue weighted by Gasteiger charge is -2.29. The van der Waals surface area contributed by atoms with Crippen molar-refractivity contribution >= 4 is 15.7 Å². The molecular weight excluding hydrogens is 348 g/mol. The van der Waals surface area contributed by atoms with Crippen LogP contribution < -0.4 is 4.90 Å². The zero-order valence-electron chi connectivity index (χ0n) is 16.1. The number of benzene rings is 1. The smallest absolute Gasteiger partial charge is 0.246 e. The van der Waals surface area contributed by atoms with Gasteiger partial charge in [0.25, 0.3) is 0 Å². The van der Waals surface area contributed by atoms with Crippen LogP contribution >= 0.6 is 0 Å². The Kier molecular flexibility index (Phi) is 5.39. The van der Waals surface area contributed by atoms with Gasteiger partial charge in [0.1, 0.15) is 4.90 Å². The van der Waals surface area contributed by atoms with Gasteiger partial charge in [0.05, 0.1) is 11.4 Å². The maximum absolute atomic E-state index is 13.0. The molecule has 1 fully saturated rings. The van der Waals surface area contributed by atoms with E-state index in [1.807, 2.05) is 12.1 Å². The highest BCUT2D eigenvalue weighted by atomic mass is 32.2. The zero-order chi connectivity index (χ0) is 18.9. The Balaban J connectivity index is 1.75.